The average molecular weight is 394 g/mol. The molecule has 8 nitrogen and oxygen atoms in total. The maximum Gasteiger partial charge on any atom is 0.338 e. The first kappa shape index (κ1) is 20.1. The Morgan fingerprint density at radius 1 is 1.14 bits per heavy atom. The number of esters is 1. The van der Waals surface area contributed by atoms with E-state index in [1.165, 1.54) is 11.9 Å². The fraction of sp³-hybridized carbons (Fsp3) is 0.238. The second-order valence-corrected chi connectivity index (χ2v) is 6.81. The number of para-hydroxylation sites is 1. The molecule has 29 heavy (non-hydrogen) atoms. The van der Waals surface area contributed by atoms with Crippen LogP contribution in [0.3, 0.4) is 0 Å². The van der Waals surface area contributed by atoms with Crippen LogP contribution < -0.4 is 5.32 Å². The number of likely N-dealkylation sites (N-methyl/N-ethyl adjacent to an activating group) is 1. The molecule has 0 unspecified atom stereocenters. The quantitative estimate of drug-likeness (QED) is 0.625. The first-order chi connectivity index (χ1) is 13.8. The van der Waals surface area contributed by atoms with Crippen molar-refractivity contribution >= 4 is 34.4 Å². The minimum absolute atomic E-state index is 0.149. The Balaban J connectivity index is 1.52. The highest BCUT2D eigenvalue weighted by molar-refractivity contribution is 5.97. The van der Waals surface area contributed by atoms with Gasteiger partial charge < -0.3 is 15.0 Å². The summed E-state index contributed by atoms with van der Waals surface area (Å²) in [6.07, 6.45) is 1.65. The average Bonchev–Trinajstić information content (AvgIpc) is 3.16. The number of fused-ring (bicyclic) bond motifs is 1. The molecule has 0 radical (unpaired) electrons. The number of aromatic amines is 1. The van der Waals surface area contributed by atoms with Gasteiger partial charge in [0.05, 0.1) is 23.8 Å². The van der Waals surface area contributed by atoms with Crippen molar-refractivity contribution in [2.45, 2.75) is 13.8 Å². The lowest BCUT2D eigenvalue weighted by Gasteiger charge is -2.18. The number of nitrogens with zero attached hydrogens (tertiary/aromatic N) is 2. The van der Waals surface area contributed by atoms with Crippen molar-refractivity contribution in [1.29, 1.82) is 0 Å². The molecule has 0 atom stereocenters. The van der Waals surface area contributed by atoms with Crippen molar-refractivity contribution in [3.05, 3.63) is 59.3 Å². The Morgan fingerprint density at radius 3 is 2.59 bits per heavy atom. The minimum atomic E-state index is -0.622. The van der Waals surface area contributed by atoms with Gasteiger partial charge in [0.1, 0.15) is 0 Å². The Bertz CT molecular complexity index is 1050. The number of nitrogens with one attached hydrogen (secondary N) is 2. The number of carbonyl (C=O) groups is 3. The zero-order valence-electron chi connectivity index (χ0n) is 16.5. The highest BCUT2D eigenvalue weighted by atomic mass is 16.5. The molecular formula is C21H22N4O4. The summed E-state index contributed by atoms with van der Waals surface area (Å²) >= 11 is 0. The molecule has 2 N–H and O–H groups in total. The molecule has 0 spiro atoms. The predicted octanol–water partition coefficient (Wildman–Crippen LogP) is 2.43. The summed E-state index contributed by atoms with van der Waals surface area (Å²) in [5, 5.41) is 10.3. The summed E-state index contributed by atoms with van der Waals surface area (Å²) < 4.78 is 5.08. The molecule has 1 aromatic heterocycles. The molecule has 0 saturated heterocycles. The van der Waals surface area contributed by atoms with Gasteiger partial charge in [-0.25, -0.2) is 4.79 Å². The number of ether oxygens (including phenoxy) is 1. The fourth-order valence-corrected chi connectivity index (χ4v) is 2.88. The molecule has 3 aromatic rings. The molecule has 3 rings (SSSR count). The van der Waals surface area contributed by atoms with E-state index in [2.05, 4.69) is 15.5 Å². The number of anilines is 1. The molecule has 0 bridgehead atoms. The van der Waals surface area contributed by atoms with Crippen molar-refractivity contribution in [2.24, 2.45) is 0 Å². The van der Waals surface area contributed by atoms with Crippen LogP contribution in [-0.4, -0.2) is 53.1 Å². The molecule has 0 aliphatic carbocycles. The third kappa shape index (κ3) is 4.78. The van der Waals surface area contributed by atoms with Crippen molar-refractivity contribution in [3.63, 3.8) is 0 Å². The van der Waals surface area contributed by atoms with Crippen LogP contribution in [0.15, 0.2) is 42.6 Å². The molecule has 2 aromatic carbocycles. The zero-order valence-corrected chi connectivity index (χ0v) is 16.5. The van der Waals surface area contributed by atoms with E-state index in [1.807, 2.05) is 32.0 Å². The van der Waals surface area contributed by atoms with Crippen molar-refractivity contribution in [1.82, 2.24) is 15.1 Å². The molecular weight excluding hydrogens is 372 g/mol. The summed E-state index contributed by atoms with van der Waals surface area (Å²) in [5.41, 5.74) is 3.63. The lowest BCUT2D eigenvalue weighted by atomic mass is 10.1. The van der Waals surface area contributed by atoms with E-state index in [0.29, 0.717) is 11.1 Å². The van der Waals surface area contributed by atoms with Crippen LogP contribution >= 0.6 is 0 Å². The Labute approximate surface area is 167 Å². The molecule has 8 heteroatoms. The van der Waals surface area contributed by atoms with Crippen LogP contribution in [0.1, 0.15) is 21.5 Å². The van der Waals surface area contributed by atoms with Crippen LogP contribution in [0.5, 0.6) is 0 Å². The van der Waals surface area contributed by atoms with Gasteiger partial charge in [-0.05, 0) is 37.1 Å². The van der Waals surface area contributed by atoms with Gasteiger partial charge in [-0.1, -0.05) is 24.3 Å². The number of aryl methyl sites for hydroxylation is 2. The second-order valence-electron chi connectivity index (χ2n) is 6.81. The number of aromatic nitrogens is 2. The zero-order chi connectivity index (χ0) is 21.0. The van der Waals surface area contributed by atoms with Crippen molar-refractivity contribution in [3.8, 4) is 0 Å². The lowest BCUT2D eigenvalue weighted by molar-refractivity contribution is -0.136. The summed E-state index contributed by atoms with van der Waals surface area (Å²) in [4.78, 5) is 37.9. The van der Waals surface area contributed by atoms with Crippen molar-refractivity contribution in [2.75, 3.05) is 25.5 Å². The number of rotatable bonds is 6. The number of carbonyl (C=O) groups excluding carboxylic acids is 3. The normalized spacial score (nSPS) is 10.6. The second kappa shape index (κ2) is 8.55. The number of hydrogen-bond donors (Lipinski definition) is 2. The van der Waals surface area contributed by atoms with E-state index in [0.717, 1.165) is 22.2 Å². The highest BCUT2D eigenvalue weighted by Gasteiger charge is 2.17. The van der Waals surface area contributed by atoms with E-state index in [1.54, 1.807) is 24.4 Å². The van der Waals surface area contributed by atoms with Crippen LogP contribution in [0.25, 0.3) is 10.9 Å². The van der Waals surface area contributed by atoms with Gasteiger partial charge in [-0.15, -0.1) is 0 Å². The number of amides is 2. The van der Waals surface area contributed by atoms with Gasteiger partial charge in [0.15, 0.2) is 6.61 Å². The van der Waals surface area contributed by atoms with E-state index in [-0.39, 0.29) is 12.5 Å². The summed E-state index contributed by atoms with van der Waals surface area (Å²) in [6, 6.07) is 10.7. The maximum absolute atomic E-state index is 12.3. The van der Waals surface area contributed by atoms with Crippen LogP contribution in [0.4, 0.5) is 5.69 Å². The largest absolute Gasteiger partial charge is 0.452 e. The van der Waals surface area contributed by atoms with Crippen LogP contribution in [-0.2, 0) is 14.3 Å². The molecule has 0 saturated carbocycles. The molecule has 2 amide bonds. The third-order valence-electron chi connectivity index (χ3n) is 4.56. The van der Waals surface area contributed by atoms with Gasteiger partial charge in [-0.2, -0.15) is 5.10 Å². The first-order valence-electron chi connectivity index (χ1n) is 9.05. The van der Waals surface area contributed by atoms with Gasteiger partial charge in [0.2, 0.25) is 5.91 Å². The van der Waals surface area contributed by atoms with Crippen LogP contribution in [0, 0.1) is 13.8 Å². The smallest absolute Gasteiger partial charge is 0.338 e. The lowest BCUT2D eigenvalue weighted by Crippen LogP contribution is -2.37. The Morgan fingerprint density at radius 2 is 1.86 bits per heavy atom. The summed E-state index contributed by atoms with van der Waals surface area (Å²) in [7, 11) is 1.48. The Hall–Kier alpha value is -3.68. The fourth-order valence-electron chi connectivity index (χ4n) is 2.88. The van der Waals surface area contributed by atoms with Gasteiger partial charge in [0.25, 0.3) is 5.91 Å². The molecule has 0 aliphatic rings. The third-order valence-corrected chi connectivity index (χ3v) is 4.56. The minimum Gasteiger partial charge on any atom is -0.452 e. The van der Waals surface area contributed by atoms with Gasteiger partial charge in [0, 0.05) is 18.1 Å². The van der Waals surface area contributed by atoms with E-state index in [4.69, 9.17) is 4.74 Å². The standard InChI is InChI=1S/C21H22N4O4/c1-13-5-4-6-14(2)20(13)23-18(26)11-25(3)19(27)12-29-21(28)15-7-8-16-10-22-24-17(16)9-15/h4-10H,11-12H2,1-3H3,(H,22,24)(H,23,26). The Kier molecular flexibility index (Phi) is 5.92. The van der Waals surface area contributed by atoms with E-state index < -0.39 is 18.5 Å². The molecule has 1 heterocycles. The molecule has 150 valence electrons. The summed E-state index contributed by atoms with van der Waals surface area (Å²) in [5.74, 6) is -1.42. The highest BCUT2D eigenvalue weighted by Crippen LogP contribution is 2.19. The van der Waals surface area contributed by atoms with Crippen molar-refractivity contribution < 1.29 is 19.1 Å². The van der Waals surface area contributed by atoms with E-state index in [9.17, 15) is 14.4 Å². The van der Waals surface area contributed by atoms with E-state index >= 15 is 0 Å². The first-order valence-corrected chi connectivity index (χ1v) is 9.05. The van der Waals surface area contributed by atoms with Gasteiger partial charge >= 0.3 is 5.97 Å². The molecule has 0 aliphatic heterocycles. The summed E-state index contributed by atoms with van der Waals surface area (Å²) in [6.45, 7) is 3.20. The topological polar surface area (TPSA) is 104 Å². The molecule has 0 fully saturated rings. The van der Waals surface area contributed by atoms with Gasteiger partial charge in [-0.3, -0.25) is 14.7 Å². The number of H-pyrrole nitrogens is 1. The van der Waals surface area contributed by atoms with Crippen LogP contribution in [0.2, 0.25) is 0 Å². The predicted molar refractivity (Wildman–Crippen MR) is 109 cm³/mol. The maximum atomic E-state index is 12.3. The number of benzene rings is 2. The SMILES string of the molecule is Cc1cccc(C)c1NC(=O)CN(C)C(=O)COC(=O)c1ccc2cn[nH]c2c1. The number of hydrogen-bond acceptors (Lipinski definition) is 5. The monoisotopic (exact) mass is 394 g/mol.